The Kier molecular flexibility index (Phi) is 6.35. The lowest BCUT2D eigenvalue weighted by molar-refractivity contribution is -0.123. The highest BCUT2D eigenvalue weighted by Crippen LogP contribution is 2.32. The number of nitrogens with zero attached hydrogens (tertiary/aromatic N) is 3. The van der Waals surface area contributed by atoms with E-state index >= 15 is 0 Å². The number of hydrogen-bond acceptors (Lipinski definition) is 4. The third kappa shape index (κ3) is 4.96. The van der Waals surface area contributed by atoms with Crippen molar-refractivity contribution < 1.29 is 4.79 Å². The summed E-state index contributed by atoms with van der Waals surface area (Å²) in [5, 5.41) is 13.1. The van der Waals surface area contributed by atoms with Crippen LogP contribution in [-0.4, -0.2) is 26.4 Å². The molecule has 0 bridgehead atoms. The molecule has 1 amide bonds. The summed E-state index contributed by atoms with van der Waals surface area (Å²) in [6.07, 6.45) is 9.53. The highest BCUT2D eigenvalue weighted by Gasteiger charge is 2.32. The van der Waals surface area contributed by atoms with Gasteiger partial charge in [-0.25, -0.2) is 0 Å². The predicted octanol–water partition coefficient (Wildman–Crippen LogP) is 4.30. The van der Waals surface area contributed by atoms with E-state index in [-0.39, 0.29) is 17.9 Å². The zero-order valence-electron chi connectivity index (χ0n) is 16.6. The van der Waals surface area contributed by atoms with Crippen LogP contribution in [0.15, 0.2) is 35.5 Å². The van der Waals surface area contributed by atoms with Crippen LogP contribution in [0.4, 0.5) is 0 Å². The molecule has 2 aliphatic carbocycles. The monoisotopic (exact) mass is 398 g/mol. The number of rotatable bonds is 8. The lowest BCUT2D eigenvalue weighted by atomic mass is 9.91. The molecule has 0 spiro atoms. The second kappa shape index (κ2) is 9.12. The van der Waals surface area contributed by atoms with Crippen LogP contribution >= 0.6 is 11.8 Å². The fraction of sp³-hybridized carbons (Fsp3) is 0.591. The number of amides is 1. The van der Waals surface area contributed by atoms with E-state index in [2.05, 4.69) is 32.2 Å². The maximum Gasteiger partial charge on any atom is 0.223 e. The van der Waals surface area contributed by atoms with Gasteiger partial charge < -0.3 is 9.88 Å². The van der Waals surface area contributed by atoms with Crippen LogP contribution in [0.1, 0.15) is 62.4 Å². The molecule has 28 heavy (non-hydrogen) atoms. The van der Waals surface area contributed by atoms with Crippen LogP contribution in [-0.2, 0) is 18.3 Å². The Morgan fingerprint density at radius 2 is 1.89 bits per heavy atom. The molecule has 0 saturated heterocycles. The number of hydrogen-bond donors (Lipinski definition) is 1. The Morgan fingerprint density at radius 3 is 2.61 bits per heavy atom. The standard InChI is InChI=1S/C22H30N4OS/c1-26-20(24-25-22(26)28-15-17-10-6-3-7-11-17)19(23-21(27)18-12-13-18)14-16-8-4-2-5-9-16/h2,4-5,8-9,17-19H,3,6-7,10-15H2,1H3,(H,23,27)/t19-/m0/s1. The summed E-state index contributed by atoms with van der Waals surface area (Å²) < 4.78 is 2.08. The Hall–Kier alpha value is -1.82. The quantitative estimate of drug-likeness (QED) is 0.674. The van der Waals surface area contributed by atoms with Gasteiger partial charge in [0.2, 0.25) is 5.91 Å². The van der Waals surface area contributed by atoms with E-state index < -0.39 is 0 Å². The molecule has 150 valence electrons. The van der Waals surface area contributed by atoms with Crippen LogP contribution in [0.2, 0.25) is 0 Å². The number of thioether (sulfide) groups is 1. The Morgan fingerprint density at radius 1 is 1.14 bits per heavy atom. The highest BCUT2D eigenvalue weighted by molar-refractivity contribution is 7.99. The molecule has 1 N–H and O–H groups in total. The van der Waals surface area contributed by atoms with E-state index in [1.54, 1.807) is 0 Å². The molecule has 2 aromatic rings. The topological polar surface area (TPSA) is 59.8 Å². The first-order valence-electron chi connectivity index (χ1n) is 10.6. The van der Waals surface area contributed by atoms with Crippen LogP contribution in [0.3, 0.4) is 0 Å². The summed E-state index contributed by atoms with van der Waals surface area (Å²) in [6.45, 7) is 0. The lowest BCUT2D eigenvalue weighted by Crippen LogP contribution is -2.32. The Bertz CT molecular complexity index is 781. The molecule has 0 radical (unpaired) electrons. The molecule has 4 rings (SSSR count). The van der Waals surface area contributed by atoms with Crippen molar-refractivity contribution in [2.75, 3.05) is 5.75 Å². The molecular weight excluding hydrogens is 368 g/mol. The van der Waals surface area contributed by atoms with Crippen molar-refractivity contribution in [3.63, 3.8) is 0 Å². The molecule has 2 aliphatic rings. The number of aromatic nitrogens is 3. The number of carbonyl (C=O) groups is 1. The van der Waals surface area contributed by atoms with Crippen molar-refractivity contribution in [3.8, 4) is 0 Å². The minimum atomic E-state index is -0.142. The van der Waals surface area contributed by atoms with Gasteiger partial charge in [0, 0.05) is 18.7 Å². The van der Waals surface area contributed by atoms with E-state index in [1.165, 1.54) is 37.7 Å². The van der Waals surface area contributed by atoms with Gasteiger partial charge in [0.15, 0.2) is 11.0 Å². The van der Waals surface area contributed by atoms with Crippen LogP contribution < -0.4 is 5.32 Å². The molecular formula is C22H30N4OS. The summed E-state index contributed by atoms with van der Waals surface area (Å²) >= 11 is 1.81. The zero-order chi connectivity index (χ0) is 19.3. The maximum atomic E-state index is 12.5. The van der Waals surface area contributed by atoms with Crippen molar-refractivity contribution in [1.29, 1.82) is 0 Å². The lowest BCUT2D eigenvalue weighted by Gasteiger charge is -2.21. The average molecular weight is 399 g/mol. The average Bonchev–Trinajstić information content (AvgIpc) is 3.51. The van der Waals surface area contributed by atoms with Gasteiger partial charge in [-0.2, -0.15) is 0 Å². The molecule has 5 nitrogen and oxygen atoms in total. The molecule has 6 heteroatoms. The van der Waals surface area contributed by atoms with Crippen molar-refractivity contribution in [2.45, 2.75) is 62.6 Å². The first kappa shape index (κ1) is 19.5. The minimum absolute atomic E-state index is 0.142. The third-order valence-electron chi connectivity index (χ3n) is 5.90. The zero-order valence-corrected chi connectivity index (χ0v) is 17.5. The van der Waals surface area contributed by atoms with Crippen LogP contribution in [0.5, 0.6) is 0 Å². The summed E-state index contributed by atoms with van der Waals surface area (Å²) in [5.74, 6) is 3.11. The van der Waals surface area contributed by atoms with Gasteiger partial charge >= 0.3 is 0 Å². The first-order chi connectivity index (χ1) is 13.7. The number of benzene rings is 1. The van der Waals surface area contributed by atoms with E-state index in [0.29, 0.717) is 0 Å². The third-order valence-corrected chi connectivity index (χ3v) is 7.15. The molecule has 1 atom stereocenters. The molecule has 0 unspecified atom stereocenters. The summed E-state index contributed by atoms with van der Waals surface area (Å²) in [6, 6.07) is 10.2. The van der Waals surface area contributed by atoms with Gasteiger partial charge in [0.1, 0.15) is 0 Å². The van der Waals surface area contributed by atoms with Crippen molar-refractivity contribution in [3.05, 3.63) is 41.7 Å². The smallest absolute Gasteiger partial charge is 0.223 e. The van der Waals surface area contributed by atoms with Gasteiger partial charge in [-0.1, -0.05) is 61.4 Å². The van der Waals surface area contributed by atoms with E-state index in [0.717, 1.165) is 41.9 Å². The van der Waals surface area contributed by atoms with Crippen molar-refractivity contribution in [2.24, 2.45) is 18.9 Å². The summed E-state index contributed by atoms with van der Waals surface area (Å²) in [5.41, 5.74) is 1.20. The van der Waals surface area contributed by atoms with Crippen molar-refractivity contribution >= 4 is 17.7 Å². The van der Waals surface area contributed by atoms with Gasteiger partial charge in [-0.15, -0.1) is 10.2 Å². The van der Waals surface area contributed by atoms with Crippen LogP contribution in [0.25, 0.3) is 0 Å². The Labute approximate surface area is 171 Å². The van der Waals surface area contributed by atoms with Gasteiger partial charge in [-0.05, 0) is 43.6 Å². The van der Waals surface area contributed by atoms with E-state index in [1.807, 2.05) is 37.0 Å². The second-order valence-corrected chi connectivity index (χ2v) is 9.23. The molecule has 2 fully saturated rings. The summed E-state index contributed by atoms with van der Waals surface area (Å²) in [4.78, 5) is 12.5. The van der Waals surface area contributed by atoms with Crippen LogP contribution in [0, 0.1) is 11.8 Å². The Balaban J connectivity index is 1.46. The highest BCUT2D eigenvalue weighted by atomic mass is 32.2. The molecule has 1 heterocycles. The largest absolute Gasteiger partial charge is 0.345 e. The fourth-order valence-corrected chi connectivity index (χ4v) is 5.10. The van der Waals surface area contributed by atoms with Gasteiger partial charge in [0.25, 0.3) is 0 Å². The summed E-state index contributed by atoms with van der Waals surface area (Å²) in [7, 11) is 2.03. The van der Waals surface area contributed by atoms with E-state index in [4.69, 9.17) is 0 Å². The predicted molar refractivity (Wildman–Crippen MR) is 112 cm³/mol. The van der Waals surface area contributed by atoms with E-state index in [9.17, 15) is 4.79 Å². The maximum absolute atomic E-state index is 12.5. The van der Waals surface area contributed by atoms with Gasteiger partial charge in [-0.3, -0.25) is 4.79 Å². The first-order valence-corrected chi connectivity index (χ1v) is 11.6. The fourth-order valence-electron chi connectivity index (χ4n) is 3.99. The minimum Gasteiger partial charge on any atom is -0.345 e. The number of carbonyl (C=O) groups excluding carboxylic acids is 1. The number of nitrogens with one attached hydrogen (secondary N) is 1. The molecule has 2 saturated carbocycles. The second-order valence-electron chi connectivity index (χ2n) is 8.24. The van der Waals surface area contributed by atoms with Crippen molar-refractivity contribution in [1.82, 2.24) is 20.1 Å². The normalized spacial score (nSPS) is 18.8. The molecule has 0 aliphatic heterocycles. The molecule has 1 aromatic heterocycles. The molecule has 1 aromatic carbocycles. The van der Waals surface area contributed by atoms with Gasteiger partial charge in [0.05, 0.1) is 6.04 Å². The SMILES string of the molecule is Cn1c(SCC2CCCCC2)nnc1[C@H](Cc1ccccc1)NC(=O)C1CC1.